The summed E-state index contributed by atoms with van der Waals surface area (Å²) in [5.41, 5.74) is 3.13. The Morgan fingerprint density at radius 3 is 2.32 bits per heavy atom. The van der Waals surface area contributed by atoms with E-state index in [0.29, 0.717) is 17.4 Å². The molecule has 7 heteroatoms. The van der Waals surface area contributed by atoms with Crippen molar-refractivity contribution in [2.45, 2.75) is 25.3 Å². The van der Waals surface area contributed by atoms with Crippen LogP contribution in [0.1, 0.15) is 18.4 Å². The van der Waals surface area contributed by atoms with E-state index in [4.69, 9.17) is 0 Å². The predicted octanol–water partition coefficient (Wildman–Crippen LogP) is 3.34. The van der Waals surface area contributed by atoms with Gasteiger partial charge in [-0.1, -0.05) is 18.2 Å². The van der Waals surface area contributed by atoms with Crippen molar-refractivity contribution in [3.8, 4) is 5.69 Å². The summed E-state index contributed by atoms with van der Waals surface area (Å²) in [6, 6.07) is 16.9. The fourth-order valence-corrected chi connectivity index (χ4v) is 2.78. The molecule has 142 valence electrons. The van der Waals surface area contributed by atoms with Gasteiger partial charge in [-0.05, 0) is 54.8 Å². The third-order valence-corrected chi connectivity index (χ3v) is 4.36. The first-order chi connectivity index (χ1) is 13.7. The molecule has 0 spiro atoms. The van der Waals surface area contributed by atoms with E-state index in [-0.39, 0.29) is 18.4 Å². The topological polar surface area (TPSA) is 88.1 Å². The van der Waals surface area contributed by atoms with Crippen molar-refractivity contribution in [1.82, 2.24) is 15.1 Å². The van der Waals surface area contributed by atoms with Gasteiger partial charge >= 0.3 is 6.03 Å². The van der Waals surface area contributed by atoms with Gasteiger partial charge in [-0.3, -0.25) is 4.79 Å². The molecule has 1 aliphatic rings. The lowest BCUT2D eigenvalue weighted by Gasteiger charge is -2.08. The normalized spacial score (nSPS) is 13.0. The number of carbonyl (C=O) groups is 2. The number of anilines is 2. The molecule has 0 atom stereocenters. The Bertz CT molecular complexity index is 962. The van der Waals surface area contributed by atoms with Crippen LogP contribution in [-0.2, 0) is 11.2 Å². The molecule has 0 unspecified atom stereocenters. The lowest BCUT2D eigenvalue weighted by Crippen LogP contribution is -2.30. The minimum absolute atomic E-state index is 0.125. The number of hydrogen-bond acceptors (Lipinski definition) is 3. The van der Waals surface area contributed by atoms with E-state index in [9.17, 15) is 9.59 Å². The first kappa shape index (κ1) is 17.8. The fraction of sp³-hybridized carbons (Fsp3) is 0.190. The molecule has 0 saturated heterocycles. The number of nitrogens with one attached hydrogen (secondary N) is 3. The maximum absolute atomic E-state index is 12.3. The van der Waals surface area contributed by atoms with Crippen LogP contribution in [0.25, 0.3) is 5.69 Å². The molecule has 3 N–H and O–H groups in total. The average molecular weight is 375 g/mol. The van der Waals surface area contributed by atoms with Gasteiger partial charge in [-0.2, -0.15) is 5.10 Å². The molecular weight excluding hydrogens is 354 g/mol. The molecular formula is C21H21N5O2. The van der Waals surface area contributed by atoms with Crippen molar-refractivity contribution in [3.63, 3.8) is 0 Å². The van der Waals surface area contributed by atoms with Crippen LogP contribution in [0.15, 0.2) is 67.0 Å². The minimum atomic E-state index is -0.199. The number of carbonyl (C=O) groups excluding carboxylic acids is 2. The zero-order valence-corrected chi connectivity index (χ0v) is 15.3. The molecule has 1 saturated carbocycles. The van der Waals surface area contributed by atoms with Crippen molar-refractivity contribution in [2.75, 3.05) is 10.6 Å². The molecule has 1 heterocycles. The van der Waals surface area contributed by atoms with E-state index in [1.165, 1.54) is 0 Å². The number of rotatable bonds is 6. The van der Waals surface area contributed by atoms with E-state index in [1.54, 1.807) is 35.1 Å². The molecule has 1 fully saturated rings. The maximum atomic E-state index is 12.3. The van der Waals surface area contributed by atoms with Gasteiger partial charge in [0.1, 0.15) is 0 Å². The summed E-state index contributed by atoms with van der Waals surface area (Å²) < 4.78 is 1.75. The SMILES string of the molecule is O=C(Cc1cnn(-c2ccccc2)c1)Nc1ccc(NC(=O)NC2CC2)cc1. The zero-order chi connectivity index (χ0) is 19.3. The first-order valence-corrected chi connectivity index (χ1v) is 9.22. The Kier molecular flexibility index (Phi) is 5.05. The second-order valence-electron chi connectivity index (χ2n) is 6.80. The second kappa shape index (κ2) is 7.96. The molecule has 7 nitrogen and oxygen atoms in total. The smallest absolute Gasteiger partial charge is 0.319 e. The van der Waals surface area contributed by atoms with Gasteiger partial charge < -0.3 is 16.0 Å². The van der Waals surface area contributed by atoms with E-state index in [2.05, 4.69) is 21.0 Å². The molecule has 1 aromatic heterocycles. The van der Waals surface area contributed by atoms with Crippen molar-refractivity contribution in [3.05, 3.63) is 72.6 Å². The molecule has 0 bridgehead atoms. The molecule has 2 aromatic carbocycles. The molecule has 4 rings (SSSR count). The Morgan fingerprint density at radius 2 is 1.64 bits per heavy atom. The number of nitrogens with zero attached hydrogens (tertiary/aromatic N) is 2. The zero-order valence-electron chi connectivity index (χ0n) is 15.3. The van der Waals surface area contributed by atoms with Gasteiger partial charge in [-0.25, -0.2) is 9.48 Å². The van der Waals surface area contributed by atoms with Gasteiger partial charge in [0.15, 0.2) is 0 Å². The summed E-state index contributed by atoms with van der Waals surface area (Å²) in [4.78, 5) is 24.0. The van der Waals surface area contributed by atoms with Gasteiger partial charge in [0.25, 0.3) is 0 Å². The summed E-state index contributed by atoms with van der Waals surface area (Å²) in [6.45, 7) is 0. The quantitative estimate of drug-likeness (QED) is 0.617. The highest BCUT2D eigenvalue weighted by Crippen LogP contribution is 2.19. The molecule has 1 aliphatic carbocycles. The number of benzene rings is 2. The van der Waals surface area contributed by atoms with Crippen LogP contribution in [0.3, 0.4) is 0 Å². The van der Waals surface area contributed by atoms with Crippen molar-refractivity contribution in [1.29, 1.82) is 0 Å². The van der Waals surface area contributed by atoms with E-state index >= 15 is 0 Å². The van der Waals surface area contributed by atoms with Crippen molar-refractivity contribution >= 4 is 23.3 Å². The van der Waals surface area contributed by atoms with Crippen LogP contribution in [0.2, 0.25) is 0 Å². The van der Waals surface area contributed by atoms with Crippen molar-refractivity contribution in [2.24, 2.45) is 0 Å². The maximum Gasteiger partial charge on any atom is 0.319 e. The highest BCUT2D eigenvalue weighted by Gasteiger charge is 2.23. The molecule has 3 aromatic rings. The summed E-state index contributed by atoms with van der Waals surface area (Å²) in [5, 5.41) is 12.8. The summed E-state index contributed by atoms with van der Waals surface area (Å²) in [6.07, 6.45) is 5.86. The standard InChI is InChI=1S/C21H21N5O2/c27-20(12-15-13-22-26(14-15)19-4-2-1-3-5-19)23-16-6-8-17(9-7-16)24-21(28)25-18-10-11-18/h1-9,13-14,18H,10-12H2,(H,23,27)(H2,24,25,28). The fourth-order valence-electron chi connectivity index (χ4n) is 2.78. The third kappa shape index (κ3) is 4.76. The number of amides is 3. The molecule has 0 radical (unpaired) electrons. The van der Waals surface area contributed by atoms with E-state index in [0.717, 1.165) is 24.1 Å². The Morgan fingerprint density at radius 1 is 0.964 bits per heavy atom. The van der Waals surface area contributed by atoms with Crippen LogP contribution in [0, 0.1) is 0 Å². The monoisotopic (exact) mass is 375 g/mol. The summed E-state index contributed by atoms with van der Waals surface area (Å²) >= 11 is 0. The lowest BCUT2D eigenvalue weighted by molar-refractivity contribution is -0.115. The van der Waals surface area contributed by atoms with Crippen molar-refractivity contribution < 1.29 is 9.59 Å². The van der Waals surface area contributed by atoms with Gasteiger partial charge in [0, 0.05) is 23.6 Å². The lowest BCUT2D eigenvalue weighted by atomic mass is 10.2. The first-order valence-electron chi connectivity index (χ1n) is 9.22. The third-order valence-electron chi connectivity index (χ3n) is 4.36. The van der Waals surface area contributed by atoms with E-state index < -0.39 is 0 Å². The number of urea groups is 1. The Hall–Kier alpha value is -3.61. The van der Waals surface area contributed by atoms with Gasteiger partial charge in [-0.15, -0.1) is 0 Å². The minimum Gasteiger partial charge on any atom is -0.335 e. The molecule has 0 aliphatic heterocycles. The largest absolute Gasteiger partial charge is 0.335 e. The van der Waals surface area contributed by atoms with Crippen LogP contribution >= 0.6 is 0 Å². The number of aromatic nitrogens is 2. The number of para-hydroxylation sites is 1. The number of hydrogen-bond donors (Lipinski definition) is 3. The van der Waals surface area contributed by atoms with E-state index in [1.807, 2.05) is 36.5 Å². The van der Waals surface area contributed by atoms with Gasteiger partial charge in [0.05, 0.1) is 18.3 Å². The van der Waals surface area contributed by atoms with Crippen LogP contribution in [-0.4, -0.2) is 27.8 Å². The summed E-state index contributed by atoms with van der Waals surface area (Å²) in [7, 11) is 0. The molecule has 3 amide bonds. The van der Waals surface area contributed by atoms with Crippen LogP contribution in [0.5, 0.6) is 0 Å². The average Bonchev–Trinajstić information content (AvgIpc) is 3.38. The summed E-state index contributed by atoms with van der Waals surface area (Å²) in [5.74, 6) is -0.125. The highest BCUT2D eigenvalue weighted by molar-refractivity contribution is 5.93. The van der Waals surface area contributed by atoms with Gasteiger partial charge in [0.2, 0.25) is 5.91 Å². The molecule has 28 heavy (non-hydrogen) atoms. The van der Waals surface area contributed by atoms with Crippen LogP contribution < -0.4 is 16.0 Å². The Labute approximate surface area is 162 Å². The van der Waals surface area contributed by atoms with Crippen LogP contribution in [0.4, 0.5) is 16.2 Å². The second-order valence-corrected chi connectivity index (χ2v) is 6.80. The Balaban J connectivity index is 1.30. The highest BCUT2D eigenvalue weighted by atomic mass is 16.2. The predicted molar refractivity (Wildman–Crippen MR) is 108 cm³/mol.